The molecule has 3 aromatic rings. The number of ketones is 1. The minimum absolute atomic E-state index is 0.00659. The van der Waals surface area contributed by atoms with Gasteiger partial charge in [-0.15, -0.1) is 0 Å². The van der Waals surface area contributed by atoms with Crippen molar-refractivity contribution < 1.29 is 23.8 Å². The van der Waals surface area contributed by atoms with Crippen molar-refractivity contribution in [2.45, 2.75) is 19.5 Å². The molecular formula is C25H21FN2O4. The van der Waals surface area contributed by atoms with Crippen molar-refractivity contribution in [1.82, 2.24) is 9.88 Å². The Hall–Kier alpha value is -4.00. The highest BCUT2D eigenvalue weighted by Crippen LogP contribution is 2.40. The molecule has 1 amide bonds. The fourth-order valence-electron chi connectivity index (χ4n) is 3.90. The van der Waals surface area contributed by atoms with Crippen LogP contribution in [0, 0.1) is 12.7 Å². The fourth-order valence-corrected chi connectivity index (χ4v) is 3.90. The first-order valence-electron chi connectivity index (χ1n) is 9.98. The van der Waals surface area contributed by atoms with Crippen molar-refractivity contribution in [3.8, 4) is 5.75 Å². The molecule has 1 aliphatic heterocycles. The summed E-state index contributed by atoms with van der Waals surface area (Å²) in [6.45, 7) is 1.90. The fraction of sp³-hybridized carbons (Fsp3) is 0.160. The molecule has 6 nitrogen and oxygen atoms in total. The Morgan fingerprint density at radius 2 is 1.78 bits per heavy atom. The van der Waals surface area contributed by atoms with Crippen molar-refractivity contribution in [2.24, 2.45) is 0 Å². The molecule has 1 saturated heterocycles. The number of aliphatic hydroxyl groups is 1. The van der Waals surface area contributed by atoms with E-state index in [0.29, 0.717) is 22.4 Å². The zero-order chi connectivity index (χ0) is 22.8. The maximum atomic E-state index is 13.3. The smallest absolute Gasteiger partial charge is 0.295 e. The van der Waals surface area contributed by atoms with Gasteiger partial charge in [0, 0.05) is 24.5 Å². The first-order chi connectivity index (χ1) is 15.4. The van der Waals surface area contributed by atoms with Gasteiger partial charge in [0.15, 0.2) is 0 Å². The van der Waals surface area contributed by atoms with Gasteiger partial charge in [-0.25, -0.2) is 4.39 Å². The molecule has 0 radical (unpaired) electrons. The molecule has 0 bridgehead atoms. The lowest BCUT2D eigenvalue weighted by molar-refractivity contribution is -0.140. The number of Topliss-reactive ketones (excluding diaryl/α,β-unsaturated/α-hetero) is 1. The van der Waals surface area contributed by atoms with Gasteiger partial charge in [0.05, 0.1) is 18.7 Å². The summed E-state index contributed by atoms with van der Waals surface area (Å²) in [6.07, 6.45) is 3.12. The molecule has 0 aliphatic carbocycles. The van der Waals surface area contributed by atoms with Gasteiger partial charge in [-0.1, -0.05) is 12.1 Å². The second-order valence-electron chi connectivity index (χ2n) is 7.52. The minimum Gasteiger partial charge on any atom is -0.507 e. The number of methoxy groups -OCH3 is 1. The minimum atomic E-state index is -0.814. The van der Waals surface area contributed by atoms with E-state index in [1.165, 1.54) is 17.0 Å². The molecule has 1 unspecified atom stereocenters. The van der Waals surface area contributed by atoms with E-state index < -0.39 is 23.5 Å². The molecule has 0 spiro atoms. The molecule has 162 valence electrons. The summed E-state index contributed by atoms with van der Waals surface area (Å²) in [5.41, 5.74) is 2.47. The van der Waals surface area contributed by atoms with Gasteiger partial charge >= 0.3 is 0 Å². The Kier molecular flexibility index (Phi) is 5.73. The van der Waals surface area contributed by atoms with Crippen LogP contribution in [0.4, 0.5) is 4.39 Å². The van der Waals surface area contributed by atoms with Crippen molar-refractivity contribution in [3.63, 3.8) is 0 Å². The summed E-state index contributed by atoms with van der Waals surface area (Å²) >= 11 is 0. The van der Waals surface area contributed by atoms with Crippen LogP contribution in [0.5, 0.6) is 5.75 Å². The number of benzene rings is 2. The maximum absolute atomic E-state index is 13.3. The zero-order valence-electron chi connectivity index (χ0n) is 17.6. The Morgan fingerprint density at radius 3 is 2.41 bits per heavy atom. The predicted octanol–water partition coefficient (Wildman–Crippen LogP) is 4.16. The summed E-state index contributed by atoms with van der Waals surface area (Å²) < 4.78 is 18.6. The first-order valence-corrected chi connectivity index (χ1v) is 9.98. The molecule has 1 aromatic heterocycles. The zero-order valence-corrected chi connectivity index (χ0v) is 17.6. The molecule has 1 atom stereocenters. The van der Waals surface area contributed by atoms with Crippen LogP contribution >= 0.6 is 0 Å². The maximum Gasteiger partial charge on any atom is 0.295 e. The van der Waals surface area contributed by atoms with Crippen LogP contribution in [0.2, 0.25) is 0 Å². The van der Waals surface area contributed by atoms with E-state index in [9.17, 15) is 19.1 Å². The summed E-state index contributed by atoms with van der Waals surface area (Å²) in [5.74, 6) is -1.53. The topological polar surface area (TPSA) is 79.7 Å². The predicted molar refractivity (Wildman–Crippen MR) is 116 cm³/mol. The highest BCUT2D eigenvalue weighted by Gasteiger charge is 2.46. The quantitative estimate of drug-likeness (QED) is 0.372. The van der Waals surface area contributed by atoms with Crippen LogP contribution in [0.3, 0.4) is 0 Å². The third-order valence-electron chi connectivity index (χ3n) is 5.50. The van der Waals surface area contributed by atoms with E-state index in [1.54, 1.807) is 62.0 Å². The summed E-state index contributed by atoms with van der Waals surface area (Å²) in [6, 6.07) is 13.3. The Balaban J connectivity index is 1.84. The number of aromatic nitrogens is 1. The number of halogens is 1. The van der Waals surface area contributed by atoms with Crippen molar-refractivity contribution in [3.05, 3.63) is 101 Å². The van der Waals surface area contributed by atoms with Gasteiger partial charge in [-0.3, -0.25) is 14.6 Å². The van der Waals surface area contributed by atoms with Crippen LogP contribution in [-0.2, 0) is 16.1 Å². The summed E-state index contributed by atoms with van der Waals surface area (Å²) in [5, 5.41) is 11.1. The van der Waals surface area contributed by atoms with Gasteiger partial charge in [0.25, 0.3) is 11.7 Å². The van der Waals surface area contributed by atoms with Crippen molar-refractivity contribution in [1.29, 1.82) is 0 Å². The summed E-state index contributed by atoms with van der Waals surface area (Å²) in [4.78, 5) is 31.4. The number of nitrogens with zero attached hydrogens (tertiary/aromatic N) is 2. The average Bonchev–Trinajstić information content (AvgIpc) is 3.05. The van der Waals surface area contributed by atoms with E-state index in [2.05, 4.69) is 4.98 Å². The lowest BCUT2D eigenvalue weighted by atomic mass is 9.95. The largest absolute Gasteiger partial charge is 0.507 e. The lowest BCUT2D eigenvalue weighted by Gasteiger charge is -2.25. The van der Waals surface area contributed by atoms with E-state index in [4.69, 9.17) is 4.74 Å². The first kappa shape index (κ1) is 21.2. The third-order valence-corrected chi connectivity index (χ3v) is 5.50. The Labute approximate surface area is 184 Å². The van der Waals surface area contributed by atoms with Crippen LogP contribution in [-0.4, -0.2) is 33.8 Å². The van der Waals surface area contributed by atoms with Gasteiger partial charge in [0.1, 0.15) is 17.3 Å². The molecule has 1 fully saturated rings. The van der Waals surface area contributed by atoms with Gasteiger partial charge < -0.3 is 14.7 Å². The van der Waals surface area contributed by atoms with Crippen LogP contribution in [0.15, 0.2) is 72.6 Å². The molecule has 2 aromatic carbocycles. The monoisotopic (exact) mass is 432 g/mol. The third kappa shape index (κ3) is 3.85. The Morgan fingerprint density at radius 1 is 1.09 bits per heavy atom. The normalized spacial score (nSPS) is 17.6. The number of likely N-dealkylation sites (tertiary alicyclic amines) is 1. The Bertz CT molecular complexity index is 1210. The number of pyridine rings is 1. The number of hydrogen-bond donors (Lipinski definition) is 1. The molecule has 32 heavy (non-hydrogen) atoms. The number of aryl methyl sites for hydroxylation is 1. The molecule has 4 rings (SSSR count). The number of carbonyl (C=O) groups is 2. The number of ether oxygens (including phenoxy) is 1. The van der Waals surface area contributed by atoms with Crippen LogP contribution in [0.1, 0.15) is 28.3 Å². The number of aliphatic hydroxyl groups excluding tert-OH is 1. The van der Waals surface area contributed by atoms with Crippen molar-refractivity contribution >= 4 is 17.4 Å². The molecular weight excluding hydrogens is 411 g/mol. The number of hydrogen-bond acceptors (Lipinski definition) is 5. The highest BCUT2D eigenvalue weighted by molar-refractivity contribution is 6.46. The number of amides is 1. The lowest BCUT2D eigenvalue weighted by Crippen LogP contribution is -2.29. The molecule has 1 N–H and O–H groups in total. The number of rotatable bonds is 5. The van der Waals surface area contributed by atoms with E-state index in [0.717, 1.165) is 5.56 Å². The molecule has 7 heteroatoms. The van der Waals surface area contributed by atoms with Crippen molar-refractivity contribution in [2.75, 3.05) is 7.11 Å². The molecule has 2 heterocycles. The van der Waals surface area contributed by atoms with Crippen LogP contribution in [0.25, 0.3) is 5.76 Å². The number of carbonyl (C=O) groups excluding carboxylic acids is 2. The van der Waals surface area contributed by atoms with E-state index in [1.807, 2.05) is 6.92 Å². The second-order valence-corrected chi connectivity index (χ2v) is 7.52. The molecule has 0 saturated carbocycles. The standard InChI is InChI=1S/C25H21FN2O4/c1-15-13-18(5-8-20(15)32-2)23(29)21-22(17-9-11-27-12-10-17)28(25(31)24(21)30)14-16-3-6-19(26)7-4-16/h3-13,22,29H,14H2,1-2H3/b23-21-. The second kappa shape index (κ2) is 8.63. The van der Waals surface area contributed by atoms with E-state index in [-0.39, 0.29) is 17.9 Å². The summed E-state index contributed by atoms with van der Waals surface area (Å²) in [7, 11) is 1.55. The van der Waals surface area contributed by atoms with Gasteiger partial charge in [-0.2, -0.15) is 0 Å². The van der Waals surface area contributed by atoms with Crippen LogP contribution < -0.4 is 4.74 Å². The highest BCUT2D eigenvalue weighted by atomic mass is 19.1. The van der Waals surface area contributed by atoms with Gasteiger partial charge in [-0.05, 0) is 66.1 Å². The molecule has 1 aliphatic rings. The van der Waals surface area contributed by atoms with E-state index >= 15 is 0 Å². The van der Waals surface area contributed by atoms with Gasteiger partial charge in [0.2, 0.25) is 0 Å². The average molecular weight is 432 g/mol. The SMILES string of the molecule is COc1ccc(/C(O)=C2/C(=O)C(=O)N(Cc3ccc(F)cc3)C2c2ccncc2)cc1C.